The van der Waals surface area contributed by atoms with E-state index >= 15 is 0 Å². The van der Waals surface area contributed by atoms with Gasteiger partial charge in [0.15, 0.2) is 5.82 Å². The summed E-state index contributed by atoms with van der Waals surface area (Å²) < 4.78 is 6.78. The van der Waals surface area contributed by atoms with Gasteiger partial charge in [-0.3, -0.25) is 9.69 Å². The Balaban J connectivity index is 1.58. The minimum absolute atomic E-state index is 0.00916. The molecule has 1 amide bonds. The fraction of sp³-hybridized carbons (Fsp3) is 0.278. The van der Waals surface area contributed by atoms with Crippen LogP contribution in [-0.2, 0) is 16.0 Å². The van der Waals surface area contributed by atoms with E-state index in [1.54, 1.807) is 23.3 Å². The van der Waals surface area contributed by atoms with Crippen molar-refractivity contribution in [3.63, 3.8) is 0 Å². The summed E-state index contributed by atoms with van der Waals surface area (Å²) in [6.07, 6.45) is 2.52. The fourth-order valence-corrected chi connectivity index (χ4v) is 3.94. The second kappa shape index (κ2) is 6.30. The zero-order valence-electron chi connectivity index (χ0n) is 13.3. The van der Waals surface area contributed by atoms with Crippen molar-refractivity contribution in [3.05, 3.63) is 53.2 Å². The van der Waals surface area contributed by atoms with Crippen molar-refractivity contribution in [2.24, 2.45) is 0 Å². The highest BCUT2D eigenvalue weighted by Gasteiger charge is 2.26. The molecular formula is C18H17N3O2S. The van der Waals surface area contributed by atoms with Crippen LogP contribution in [0.1, 0.15) is 23.7 Å². The monoisotopic (exact) mass is 339 g/mol. The molecule has 0 saturated carbocycles. The Bertz CT molecular complexity index is 893. The van der Waals surface area contributed by atoms with Crippen LogP contribution in [0.15, 0.2) is 42.0 Å². The normalized spacial score (nSPS) is 16.8. The van der Waals surface area contributed by atoms with Gasteiger partial charge >= 0.3 is 0 Å². The van der Waals surface area contributed by atoms with Crippen molar-refractivity contribution in [3.8, 4) is 0 Å². The van der Waals surface area contributed by atoms with Crippen molar-refractivity contribution in [1.82, 2.24) is 9.97 Å². The maximum absolute atomic E-state index is 12.8. The molecule has 0 fully saturated rings. The highest BCUT2D eigenvalue weighted by Crippen LogP contribution is 2.32. The van der Waals surface area contributed by atoms with Gasteiger partial charge in [-0.25, -0.2) is 9.97 Å². The number of carbonyl (C=O) groups is 1. The summed E-state index contributed by atoms with van der Waals surface area (Å²) in [5, 5.41) is 1.96. The molecule has 122 valence electrons. The molecule has 5 nitrogen and oxygen atoms in total. The average Bonchev–Trinajstić information content (AvgIpc) is 3.10. The quantitative estimate of drug-likeness (QED) is 0.734. The van der Waals surface area contributed by atoms with Crippen LogP contribution in [0.5, 0.6) is 0 Å². The van der Waals surface area contributed by atoms with Crippen molar-refractivity contribution >= 4 is 33.3 Å². The lowest BCUT2D eigenvalue weighted by Crippen LogP contribution is -2.30. The van der Waals surface area contributed by atoms with E-state index in [-0.39, 0.29) is 12.0 Å². The van der Waals surface area contributed by atoms with E-state index in [9.17, 15) is 4.79 Å². The maximum atomic E-state index is 12.8. The van der Waals surface area contributed by atoms with E-state index in [1.807, 2.05) is 23.6 Å². The molecule has 1 aliphatic rings. The summed E-state index contributed by atoms with van der Waals surface area (Å²) in [5.41, 5.74) is 3.25. The van der Waals surface area contributed by atoms with Gasteiger partial charge in [0, 0.05) is 7.05 Å². The van der Waals surface area contributed by atoms with E-state index in [0.717, 1.165) is 22.2 Å². The van der Waals surface area contributed by atoms with E-state index in [1.165, 1.54) is 11.9 Å². The second-order valence-corrected chi connectivity index (χ2v) is 6.71. The van der Waals surface area contributed by atoms with Gasteiger partial charge in [0.05, 0.1) is 29.3 Å². The van der Waals surface area contributed by atoms with Gasteiger partial charge in [-0.05, 0) is 29.0 Å². The predicted molar refractivity (Wildman–Crippen MR) is 94.3 cm³/mol. The standard InChI is InChI=1S/C18H17N3O2S/c1-21(18-17-14(7-9-24-17)19-11-20-18)16(22)10-15-13-5-3-2-4-12(13)6-8-23-15/h2-5,7,9,11,15H,6,8,10H2,1H3/t15-/m1/s1. The molecule has 0 spiro atoms. The number of hydrogen-bond acceptors (Lipinski definition) is 5. The molecule has 24 heavy (non-hydrogen) atoms. The molecule has 0 unspecified atom stereocenters. The van der Waals surface area contributed by atoms with Crippen LogP contribution in [0.3, 0.4) is 0 Å². The first-order valence-electron chi connectivity index (χ1n) is 7.88. The van der Waals surface area contributed by atoms with Crippen LogP contribution in [0, 0.1) is 0 Å². The van der Waals surface area contributed by atoms with Gasteiger partial charge < -0.3 is 4.74 Å². The first-order valence-corrected chi connectivity index (χ1v) is 8.76. The number of hydrogen-bond donors (Lipinski definition) is 0. The van der Waals surface area contributed by atoms with Gasteiger partial charge in [-0.15, -0.1) is 11.3 Å². The van der Waals surface area contributed by atoms with Crippen molar-refractivity contribution in [2.75, 3.05) is 18.6 Å². The molecule has 3 heterocycles. The Hall–Kier alpha value is -2.31. The van der Waals surface area contributed by atoms with Gasteiger partial charge in [0.1, 0.15) is 6.33 Å². The highest BCUT2D eigenvalue weighted by molar-refractivity contribution is 7.17. The van der Waals surface area contributed by atoms with Crippen LogP contribution in [0.4, 0.5) is 5.82 Å². The maximum Gasteiger partial charge on any atom is 0.230 e. The van der Waals surface area contributed by atoms with E-state index < -0.39 is 0 Å². The van der Waals surface area contributed by atoms with Crippen LogP contribution in [0.25, 0.3) is 10.2 Å². The smallest absolute Gasteiger partial charge is 0.230 e. The molecule has 0 aliphatic carbocycles. The number of fused-ring (bicyclic) bond motifs is 2. The van der Waals surface area contributed by atoms with Crippen LogP contribution in [0.2, 0.25) is 0 Å². The Labute approximate surface area is 143 Å². The van der Waals surface area contributed by atoms with Gasteiger partial charge in [-0.2, -0.15) is 0 Å². The molecule has 6 heteroatoms. The lowest BCUT2D eigenvalue weighted by molar-refractivity contribution is -0.121. The number of amides is 1. The summed E-state index contributed by atoms with van der Waals surface area (Å²) in [4.78, 5) is 22.9. The Kier molecular flexibility index (Phi) is 4.00. The number of benzene rings is 1. The largest absolute Gasteiger partial charge is 0.373 e. The molecule has 0 N–H and O–H groups in total. The molecule has 0 saturated heterocycles. The number of carbonyl (C=O) groups excluding carboxylic acids is 1. The Morgan fingerprint density at radius 2 is 2.21 bits per heavy atom. The lowest BCUT2D eigenvalue weighted by atomic mass is 9.95. The van der Waals surface area contributed by atoms with E-state index in [2.05, 4.69) is 22.1 Å². The van der Waals surface area contributed by atoms with Crippen molar-refractivity contribution in [2.45, 2.75) is 18.9 Å². The van der Waals surface area contributed by atoms with E-state index in [4.69, 9.17) is 4.74 Å². The third-order valence-electron chi connectivity index (χ3n) is 4.37. The predicted octanol–water partition coefficient (Wildman–Crippen LogP) is 3.36. The first-order chi connectivity index (χ1) is 11.7. The van der Waals surface area contributed by atoms with Crippen molar-refractivity contribution in [1.29, 1.82) is 0 Å². The fourth-order valence-electron chi connectivity index (χ4n) is 3.07. The molecule has 1 aromatic carbocycles. The molecule has 3 aromatic rings. The molecule has 0 radical (unpaired) electrons. The summed E-state index contributed by atoms with van der Waals surface area (Å²) in [5.74, 6) is 0.647. The molecule has 2 aromatic heterocycles. The van der Waals surface area contributed by atoms with Crippen LogP contribution < -0.4 is 4.90 Å². The lowest BCUT2D eigenvalue weighted by Gasteiger charge is -2.27. The zero-order chi connectivity index (χ0) is 16.5. The number of anilines is 1. The van der Waals surface area contributed by atoms with Gasteiger partial charge in [-0.1, -0.05) is 24.3 Å². The molecule has 0 bridgehead atoms. The highest BCUT2D eigenvalue weighted by atomic mass is 32.1. The Morgan fingerprint density at radius 1 is 1.33 bits per heavy atom. The third-order valence-corrected chi connectivity index (χ3v) is 5.27. The number of thiophene rings is 1. The van der Waals surface area contributed by atoms with Crippen LogP contribution >= 0.6 is 11.3 Å². The number of rotatable bonds is 3. The molecule has 1 aliphatic heterocycles. The van der Waals surface area contributed by atoms with Crippen molar-refractivity contribution < 1.29 is 9.53 Å². The molecular weight excluding hydrogens is 322 g/mol. The minimum Gasteiger partial charge on any atom is -0.373 e. The average molecular weight is 339 g/mol. The van der Waals surface area contributed by atoms with Crippen LogP contribution in [-0.4, -0.2) is 29.5 Å². The summed E-state index contributed by atoms with van der Waals surface area (Å²) in [6.45, 7) is 0.654. The molecule has 4 rings (SSSR count). The Morgan fingerprint density at radius 3 is 3.12 bits per heavy atom. The third kappa shape index (κ3) is 2.68. The molecule has 1 atom stereocenters. The summed E-state index contributed by atoms with van der Waals surface area (Å²) in [6, 6.07) is 10.1. The van der Waals surface area contributed by atoms with Gasteiger partial charge in [0.25, 0.3) is 0 Å². The zero-order valence-corrected chi connectivity index (χ0v) is 14.1. The number of ether oxygens (including phenoxy) is 1. The summed E-state index contributed by atoms with van der Waals surface area (Å²) in [7, 11) is 1.76. The second-order valence-electron chi connectivity index (χ2n) is 5.80. The topological polar surface area (TPSA) is 55.3 Å². The SMILES string of the molecule is CN(C(=O)C[C@H]1OCCc2ccccc21)c1ncnc2ccsc12. The van der Waals surface area contributed by atoms with E-state index in [0.29, 0.717) is 18.8 Å². The first kappa shape index (κ1) is 15.2. The summed E-state index contributed by atoms with van der Waals surface area (Å²) >= 11 is 1.54. The number of aromatic nitrogens is 2. The minimum atomic E-state index is -0.189. The van der Waals surface area contributed by atoms with Gasteiger partial charge in [0.2, 0.25) is 5.91 Å². The number of nitrogens with zero attached hydrogens (tertiary/aromatic N) is 3.